The Morgan fingerprint density at radius 1 is 0.909 bits per heavy atom. The number of benzene rings is 3. The maximum absolute atomic E-state index is 14.6. The number of fused-ring (bicyclic) bond motifs is 1. The Bertz CT molecular complexity index is 1530. The Hall–Kier alpha value is -3.85. The lowest BCUT2D eigenvalue weighted by molar-refractivity contribution is 0.571. The standard InChI is InChI=1S/C24H14F3N3O2S/c25-15-7-5-14(6-8-15)22-28-17(12-32-22)13-33-24-29-20-4-2-1-3-18(20)23(31)30(24)21-10-9-16(26)11-19(21)27/h1-12H,13H2. The molecule has 5 nitrogen and oxygen atoms in total. The van der Waals surface area contributed by atoms with Gasteiger partial charge in [0.25, 0.3) is 5.56 Å². The van der Waals surface area contributed by atoms with Gasteiger partial charge in [-0.3, -0.25) is 9.36 Å². The second-order valence-corrected chi connectivity index (χ2v) is 8.03. The normalized spacial score (nSPS) is 11.2. The van der Waals surface area contributed by atoms with E-state index in [4.69, 9.17) is 4.42 Å². The number of hydrogen-bond donors (Lipinski definition) is 0. The van der Waals surface area contributed by atoms with Crippen LogP contribution in [0.5, 0.6) is 0 Å². The van der Waals surface area contributed by atoms with Gasteiger partial charge in [0.2, 0.25) is 5.89 Å². The lowest BCUT2D eigenvalue weighted by Crippen LogP contribution is -2.22. The minimum absolute atomic E-state index is 0.102. The van der Waals surface area contributed by atoms with Crippen LogP contribution in [0.25, 0.3) is 28.0 Å². The van der Waals surface area contributed by atoms with Gasteiger partial charge in [-0.15, -0.1) is 0 Å². The fraction of sp³-hybridized carbons (Fsp3) is 0.0417. The van der Waals surface area contributed by atoms with Gasteiger partial charge in [0.05, 0.1) is 22.3 Å². The van der Waals surface area contributed by atoms with Gasteiger partial charge in [-0.1, -0.05) is 23.9 Å². The molecule has 0 amide bonds. The third-order valence-electron chi connectivity index (χ3n) is 4.89. The van der Waals surface area contributed by atoms with Crippen LogP contribution in [0.4, 0.5) is 13.2 Å². The number of hydrogen-bond acceptors (Lipinski definition) is 5. The third kappa shape index (κ3) is 4.14. The van der Waals surface area contributed by atoms with Gasteiger partial charge in [-0.25, -0.2) is 23.1 Å². The van der Waals surface area contributed by atoms with E-state index >= 15 is 0 Å². The predicted octanol–water partition coefficient (Wildman–Crippen LogP) is 5.75. The summed E-state index contributed by atoms with van der Waals surface area (Å²) in [6.07, 6.45) is 1.45. The van der Waals surface area contributed by atoms with Crippen LogP contribution in [-0.4, -0.2) is 14.5 Å². The Morgan fingerprint density at radius 2 is 1.67 bits per heavy atom. The summed E-state index contributed by atoms with van der Waals surface area (Å²) in [5, 5.41) is 0.529. The lowest BCUT2D eigenvalue weighted by atomic mass is 10.2. The van der Waals surface area contributed by atoms with Gasteiger partial charge in [-0.2, -0.15) is 0 Å². The van der Waals surface area contributed by atoms with E-state index in [1.807, 2.05) is 0 Å². The van der Waals surface area contributed by atoms with Gasteiger partial charge in [0.15, 0.2) is 5.16 Å². The molecule has 0 radical (unpaired) electrons. The first-order chi connectivity index (χ1) is 16.0. The summed E-state index contributed by atoms with van der Waals surface area (Å²) in [5.41, 5.74) is 1.04. The molecule has 33 heavy (non-hydrogen) atoms. The van der Waals surface area contributed by atoms with E-state index in [0.29, 0.717) is 28.1 Å². The molecule has 0 fully saturated rings. The average molecular weight is 465 g/mol. The molecule has 9 heteroatoms. The zero-order valence-electron chi connectivity index (χ0n) is 16.8. The molecule has 164 valence electrons. The first kappa shape index (κ1) is 21.0. The van der Waals surface area contributed by atoms with Crippen molar-refractivity contribution in [2.75, 3.05) is 0 Å². The number of aromatic nitrogens is 3. The molecule has 3 aromatic carbocycles. The highest BCUT2D eigenvalue weighted by atomic mass is 32.2. The lowest BCUT2D eigenvalue weighted by Gasteiger charge is -2.13. The van der Waals surface area contributed by atoms with Gasteiger partial charge in [0, 0.05) is 17.4 Å². The smallest absolute Gasteiger partial charge is 0.266 e. The second-order valence-electron chi connectivity index (χ2n) is 7.09. The summed E-state index contributed by atoms with van der Waals surface area (Å²) in [7, 11) is 0. The molecule has 0 saturated heterocycles. The number of para-hydroxylation sites is 1. The molecular weight excluding hydrogens is 451 g/mol. The fourth-order valence-electron chi connectivity index (χ4n) is 3.32. The van der Waals surface area contributed by atoms with Crippen LogP contribution in [-0.2, 0) is 5.75 Å². The largest absolute Gasteiger partial charge is 0.444 e. The Balaban J connectivity index is 1.53. The summed E-state index contributed by atoms with van der Waals surface area (Å²) >= 11 is 1.16. The number of nitrogens with zero attached hydrogens (tertiary/aromatic N) is 3. The fourth-order valence-corrected chi connectivity index (χ4v) is 4.20. The molecule has 0 aliphatic rings. The highest BCUT2D eigenvalue weighted by molar-refractivity contribution is 7.98. The van der Waals surface area contributed by atoms with Crippen LogP contribution in [0, 0.1) is 17.5 Å². The minimum Gasteiger partial charge on any atom is -0.444 e. The molecule has 0 N–H and O–H groups in total. The van der Waals surface area contributed by atoms with Crippen LogP contribution in [0.15, 0.2) is 87.4 Å². The topological polar surface area (TPSA) is 60.9 Å². The second kappa shape index (κ2) is 8.59. The molecular formula is C24H14F3N3O2S. The van der Waals surface area contributed by atoms with E-state index < -0.39 is 17.2 Å². The van der Waals surface area contributed by atoms with Gasteiger partial charge in [0.1, 0.15) is 23.7 Å². The highest BCUT2D eigenvalue weighted by Gasteiger charge is 2.17. The monoisotopic (exact) mass is 465 g/mol. The molecule has 0 spiro atoms. The molecule has 0 aliphatic carbocycles. The first-order valence-corrected chi connectivity index (χ1v) is 10.8. The van der Waals surface area contributed by atoms with Crippen LogP contribution in [0.3, 0.4) is 0 Å². The molecule has 0 aliphatic heterocycles. The summed E-state index contributed by atoms with van der Waals surface area (Å²) in [6, 6.07) is 15.5. The Morgan fingerprint density at radius 3 is 2.45 bits per heavy atom. The number of oxazole rings is 1. The summed E-state index contributed by atoms with van der Waals surface area (Å²) in [5.74, 6) is -1.41. The van der Waals surface area contributed by atoms with Crippen molar-refractivity contribution >= 4 is 22.7 Å². The van der Waals surface area contributed by atoms with Crippen molar-refractivity contribution in [1.29, 1.82) is 0 Å². The maximum atomic E-state index is 14.6. The number of rotatable bonds is 5. The van der Waals surface area contributed by atoms with E-state index in [1.54, 1.807) is 36.4 Å². The summed E-state index contributed by atoms with van der Waals surface area (Å²) < 4.78 is 47.8. The maximum Gasteiger partial charge on any atom is 0.266 e. The highest BCUT2D eigenvalue weighted by Crippen LogP contribution is 2.27. The van der Waals surface area contributed by atoms with Crippen LogP contribution in [0.2, 0.25) is 0 Å². The van der Waals surface area contributed by atoms with Crippen molar-refractivity contribution in [1.82, 2.24) is 14.5 Å². The molecule has 0 unspecified atom stereocenters. The third-order valence-corrected chi connectivity index (χ3v) is 5.86. The van der Waals surface area contributed by atoms with E-state index in [9.17, 15) is 18.0 Å². The van der Waals surface area contributed by atoms with E-state index in [-0.39, 0.29) is 22.4 Å². The van der Waals surface area contributed by atoms with Gasteiger partial charge >= 0.3 is 0 Å². The van der Waals surface area contributed by atoms with Gasteiger partial charge in [-0.05, 0) is 48.5 Å². The molecule has 0 atom stereocenters. The molecule has 0 bridgehead atoms. The van der Waals surface area contributed by atoms with Crippen LogP contribution in [0.1, 0.15) is 5.69 Å². The Kier molecular flexibility index (Phi) is 5.47. The summed E-state index contributed by atoms with van der Waals surface area (Å²) in [6.45, 7) is 0. The van der Waals surface area contributed by atoms with Crippen molar-refractivity contribution in [3.8, 4) is 17.1 Å². The number of thioether (sulfide) groups is 1. The van der Waals surface area contributed by atoms with E-state index in [0.717, 1.165) is 28.5 Å². The predicted molar refractivity (Wildman–Crippen MR) is 119 cm³/mol. The minimum atomic E-state index is -0.879. The van der Waals surface area contributed by atoms with Gasteiger partial charge < -0.3 is 4.42 Å². The molecule has 2 aromatic heterocycles. The first-order valence-electron chi connectivity index (χ1n) is 9.80. The quantitative estimate of drug-likeness (QED) is 0.244. The molecule has 5 aromatic rings. The van der Waals surface area contributed by atoms with Crippen LogP contribution >= 0.6 is 11.8 Å². The molecule has 0 saturated carbocycles. The zero-order valence-corrected chi connectivity index (χ0v) is 17.7. The molecule has 2 heterocycles. The van der Waals surface area contributed by atoms with Crippen LogP contribution < -0.4 is 5.56 Å². The van der Waals surface area contributed by atoms with Crippen molar-refractivity contribution in [2.45, 2.75) is 10.9 Å². The van der Waals surface area contributed by atoms with Crippen molar-refractivity contribution in [3.05, 3.63) is 106 Å². The molecule has 5 rings (SSSR count). The number of halogens is 3. The average Bonchev–Trinajstić information content (AvgIpc) is 3.28. The summed E-state index contributed by atoms with van der Waals surface area (Å²) in [4.78, 5) is 22.1. The van der Waals surface area contributed by atoms with E-state index in [2.05, 4.69) is 9.97 Å². The Labute approximate surface area is 189 Å². The van der Waals surface area contributed by atoms with E-state index in [1.165, 1.54) is 24.5 Å². The van der Waals surface area contributed by atoms with Crippen molar-refractivity contribution < 1.29 is 17.6 Å². The SMILES string of the molecule is O=c1c2ccccc2nc(SCc2coc(-c3ccc(F)cc3)n2)n1-c1ccc(F)cc1F. The van der Waals surface area contributed by atoms with Crippen molar-refractivity contribution in [3.63, 3.8) is 0 Å². The zero-order chi connectivity index (χ0) is 22.9. The van der Waals surface area contributed by atoms with Crippen molar-refractivity contribution in [2.24, 2.45) is 0 Å².